The Morgan fingerprint density at radius 2 is 1.17 bits per heavy atom. The third-order valence-electron chi connectivity index (χ3n) is 5.99. The third-order valence-corrected chi connectivity index (χ3v) is 7.76. The number of anilines is 2. The van der Waals surface area contributed by atoms with E-state index >= 15 is 0 Å². The fourth-order valence-corrected chi connectivity index (χ4v) is 6.14. The van der Waals surface area contributed by atoms with Gasteiger partial charge in [-0.05, 0) is 37.8 Å². The van der Waals surface area contributed by atoms with Gasteiger partial charge in [0, 0.05) is 12.1 Å². The molecule has 0 unspecified atom stereocenters. The van der Waals surface area contributed by atoms with E-state index < -0.39 is 10.2 Å². The minimum Gasteiger partial charge on any atom is -0.352 e. The normalized spacial score (nSPS) is 21.4. The fraction of sp³-hybridized carbons (Fsp3) is 0.600. The van der Waals surface area contributed by atoms with Crippen molar-refractivity contribution in [3.63, 3.8) is 0 Å². The lowest BCUT2D eigenvalue weighted by Gasteiger charge is -2.22. The molecule has 3 aliphatic rings. The van der Waals surface area contributed by atoms with Crippen LogP contribution in [-0.2, 0) is 19.8 Å². The molecule has 2 aliphatic carbocycles. The highest BCUT2D eigenvalue weighted by molar-refractivity contribution is 7.94. The second-order valence-electron chi connectivity index (χ2n) is 8.11. The number of rotatable bonds is 6. The Morgan fingerprint density at radius 3 is 1.55 bits per heavy atom. The SMILES string of the molecule is O=C(CN1c2ccccc2N(CC(=O)NC2CCCC2)S1(=O)=O)NC1CCCC1. The van der Waals surface area contributed by atoms with Crippen LogP contribution in [0.3, 0.4) is 0 Å². The summed E-state index contributed by atoms with van der Waals surface area (Å²) in [6.07, 6.45) is 8.06. The van der Waals surface area contributed by atoms with Gasteiger partial charge in [-0.2, -0.15) is 8.42 Å². The van der Waals surface area contributed by atoms with Crippen LogP contribution in [0.2, 0.25) is 0 Å². The summed E-state index contributed by atoms with van der Waals surface area (Å²) in [6.45, 7) is -0.562. The van der Waals surface area contributed by atoms with Crippen LogP contribution >= 0.6 is 0 Å². The van der Waals surface area contributed by atoms with Crippen LogP contribution < -0.4 is 19.2 Å². The molecule has 4 rings (SSSR count). The predicted octanol–water partition coefficient (Wildman–Crippen LogP) is 1.68. The summed E-state index contributed by atoms with van der Waals surface area (Å²) in [5.41, 5.74) is 0.866. The van der Waals surface area contributed by atoms with Crippen LogP contribution in [0.1, 0.15) is 51.4 Å². The van der Waals surface area contributed by atoms with Gasteiger partial charge in [0.25, 0.3) is 0 Å². The highest BCUT2D eigenvalue weighted by Crippen LogP contribution is 2.40. The molecule has 0 aromatic heterocycles. The zero-order chi connectivity index (χ0) is 20.4. The first-order chi connectivity index (χ1) is 13.9. The summed E-state index contributed by atoms with van der Waals surface area (Å²) < 4.78 is 28.6. The monoisotopic (exact) mass is 420 g/mol. The number of benzene rings is 1. The Kier molecular flexibility index (Phi) is 5.67. The van der Waals surface area contributed by atoms with Gasteiger partial charge in [-0.3, -0.25) is 9.59 Å². The number of carbonyl (C=O) groups is 2. The molecule has 158 valence electrons. The van der Waals surface area contributed by atoms with E-state index in [0.29, 0.717) is 11.4 Å². The van der Waals surface area contributed by atoms with Crippen LogP contribution in [0.25, 0.3) is 0 Å². The lowest BCUT2D eigenvalue weighted by atomic mass is 10.2. The van der Waals surface area contributed by atoms with Gasteiger partial charge < -0.3 is 10.6 Å². The van der Waals surface area contributed by atoms with Crippen LogP contribution in [-0.4, -0.2) is 45.4 Å². The molecular weight excluding hydrogens is 392 g/mol. The second kappa shape index (κ2) is 8.22. The number of para-hydroxylation sites is 2. The van der Waals surface area contributed by atoms with E-state index in [-0.39, 0.29) is 37.0 Å². The van der Waals surface area contributed by atoms with Gasteiger partial charge >= 0.3 is 10.2 Å². The molecule has 29 heavy (non-hydrogen) atoms. The number of hydrogen-bond acceptors (Lipinski definition) is 4. The number of nitrogens with one attached hydrogen (secondary N) is 2. The van der Waals surface area contributed by atoms with E-state index in [0.717, 1.165) is 60.0 Å². The molecule has 1 aromatic carbocycles. The Hall–Kier alpha value is -2.29. The van der Waals surface area contributed by atoms with E-state index in [1.165, 1.54) is 0 Å². The highest BCUT2D eigenvalue weighted by Gasteiger charge is 2.42. The molecule has 0 saturated heterocycles. The summed E-state index contributed by atoms with van der Waals surface area (Å²) in [5, 5.41) is 5.87. The van der Waals surface area contributed by atoms with E-state index in [1.807, 2.05) is 0 Å². The van der Waals surface area contributed by atoms with Crippen molar-refractivity contribution in [2.24, 2.45) is 0 Å². The molecule has 2 fully saturated rings. The summed E-state index contributed by atoms with van der Waals surface area (Å²) in [7, 11) is -4.00. The first kappa shape index (κ1) is 20.0. The van der Waals surface area contributed by atoms with Gasteiger partial charge in [0.05, 0.1) is 11.4 Å². The van der Waals surface area contributed by atoms with Crippen molar-refractivity contribution in [3.05, 3.63) is 24.3 Å². The van der Waals surface area contributed by atoms with Crippen molar-refractivity contribution >= 4 is 33.4 Å². The first-order valence-corrected chi connectivity index (χ1v) is 11.8. The molecule has 2 amide bonds. The number of carbonyl (C=O) groups excluding carboxylic acids is 2. The van der Waals surface area contributed by atoms with Crippen molar-refractivity contribution in [2.75, 3.05) is 21.7 Å². The predicted molar refractivity (Wildman–Crippen MR) is 111 cm³/mol. The molecule has 1 aliphatic heterocycles. The van der Waals surface area contributed by atoms with Crippen molar-refractivity contribution in [1.29, 1.82) is 0 Å². The van der Waals surface area contributed by atoms with Crippen molar-refractivity contribution in [1.82, 2.24) is 10.6 Å². The summed E-state index contributed by atoms with van der Waals surface area (Å²) >= 11 is 0. The average molecular weight is 421 g/mol. The Balaban J connectivity index is 1.49. The van der Waals surface area contributed by atoms with Gasteiger partial charge in [0.15, 0.2) is 0 Å². The van der Waals surface area contributed by atoms with E-state index in [1.54, 1.807) is 24.3 Å². The Bertz CT molecular complexity index is 811. The number of amides is 2. The molecule has 2 saturated carbocycles. The molecule has 0 bridgehead atoms. The number of hydrogen-bond donors (Lipinski definition) is 2. The van der Waals surface area contributed by atoms with Crippen LogP contribution in [0.15, 0.2) is 24.3 Å². The molecule has 2 N–H and O–H groups in total. The molecule has 1 aromatic rings. The van der Waals surface area contributed by atoms with E-state index in [9.17, 15) is 18.0 Å². The molecule has 0 spiro atoms. The smallest absolute Gasteiger partial charge is 0.327 e. The van der Waals surface area contributed by atoms with Crippen molar-refractivity contribution in [2.45, 2.75) is 63.5 Å². The first-order valence-electron chi connectivity index (χ1n) is 10.4. The summed E-state index contributed by atoms with van der Waals surface area (Å²) in [4.78, 5) is 25.0. The average Bonchev–Trinajstić information content (AvgIpc) is 3.41. The molecule has 0 radical (unpaired) electrons. The Morgan fingerprint density at radius 1 is 0.793 bits per heavy atom. The van der Waals surface area contributed by atoms with Crippen molar-refractivity contribution < 1.29 is 18.0 Å². The molecule has 1 heterocycles. The number of nitrogens with zero attached hydrogens (tertiary/aromatic N) is 2. The summed E-state index contributed by atoms with van der Waals surface area (Å²) in [6, 6.07) is 7.05. The van der Waals surface area contributed by atoms with Gasteiger partial charge in [-0.25, -0.2) is 8.61 Å². The zero-order valence-electron chi connectivity index (χ0n) is 16.5. The lowest BCUT2D eigenvalue weighted by molar-refractivity contribution is -0.121. The molecule has 0 atom stereocenters. The van der Waals surface area contributed by atoms with Crippen LogP contribution in [0.4, 0.5) is 11.4 Å². The molecule has 8 nitrogen and oxygen atoms in total. The van der Waals surface area contributed by atoms with Crippen LogP contribution in [0.5, 0.6) is 0 Å². The lowest BCUT2D eigenvalue weighted by Crippen LogP contribution is -2.48. The highest BCUT2D eigenvalue weighted by atomic mass is 32.2. The Labute approximate surface area is 171 Å². The molecule has 9 heteroatoms. The maximum Gasteiger partial charge on any atom is 0.327 e. The maximum atomic E-state index is 13.2. The van der Waals surface area contributed by atoms with Crippen LogP contribution in [0, 0.1) is 0 Å². The van der Waals surface area contributed by atoms with Gasteiger partial charge in [-0.15, -0.1) is 0 Å². The minimum absolute atomic E-state index is 0.122. The van der Waals surface area contributed by atoms with Gasteiger partial charge in [0.1, 0.15) is 13.1 Å². The largest absolute Gasteiger partial charge is 0.352 e. The maximum absolute atomic E-state index is 13.2. The molecular formula is C20H28N4O4S. The third kappa shape index (κ3) is 4.19. The minimum atomic E-state index is -4.00. The zero-order valence-corrected chi connectivity index (χ0v) is 17.3. The fourth-order valence-electron chi connectivity index (χ4n) is 4.53. The van der Waals surface area contributed by atoms with E-state index in [4.69, 9.17) is 0 Å². The quantitative estimate of drug-likeness (QED) is 0.731. The van der Waals surface area contributed by atoms with Gasteiger partial charge in [-0.1, -0.05) is 37.8 Å². The summed E-state index contributed by atoms with van der Waals surface area (Å²) in [5.74, 6) is -0.625. The van der Waals surface area contributed by atoms with Crippen molar-refractivity contribution in [3.8, 4) is 0 Å². The second-order valence-corrected chi connectivity index (χ2v) is 9.88. The van der Waals surface area contributed by atoms with E-state index in [2.05, 4.69) is 10.6 Å². The topological polar surface area (TPSA) is 98.8 Å². The van der Waals surface area contributed by atoms with Gasteiger partial charge in [0.2, 0.25) is 11.8 Å². The standard InChI is InChI=1S/C20H28N4O4S/c25-19(21-15-7-1-2-8-15)13-23-17-11-5-6-12-18(17)24(29(23,27)28)14-20(26)22-16-9-3-4-10-16/h5-6,11-12,15-16H,1-4,7-10,13-14H2,(H,21,25)(H,22,26). The number of fused-ring (bicyclic) bond motifs is 1.